The first-order chi connectivity index (χ1) is 15.6. The SMILES string of the molecule is CCc1nc2sc([C@H](c3ccccc3F)N3CCN(c4ccccc4F)CC3)c(O)n2n1. The second kappa shape index (κ2) is 8.48. The van der Waals surface area contributed by atoms with Gasteiger partial charge in [-0.25, -0.2) is 13.8 Å². The van der Waals surface area contributed by atoms with Crippen LogP contribution in [0.1, 0.15) is 29.2 Å². The summed E-state index contributed by atoms with van der Waals surface area (Å²) >= 11 is 1.32. The Kier molecular flexibility index (Phi) is 5.52. The van der Waals surface area contributed by atoms with Gasteiger partial charge in [-0.2, -0.15) is 4.52 Å². The number of anilines is 1. The van der Waals surface area contributed by atoms with Crippen molar-refractivity contribution in [3.05, 3.63) is 76.4 Å². The number of thiazole rings is 1. The van der Waals surface area contributed by atoms with Crippen molar-refractivity contribution in [2.45, 2.75) is 19.4 Å². The van der Waals surface area contributed by atoms with E-state index in [9.17, 15) is 13.9 Å². The summed E-state index contributed by atoms with van der Waals surface area (Å²) in [5, 5.41) is 15.3. The second-order valence-corrected chi connectivity index (χ2v) is 8.77. The topological polar surface area (TPSA) is 56.9 Å². The number of hydrogen-bond acceptors (Lipinski definition) is 6. The number of aryl methyl sites for hydroxylation is 1. The standard InChI is InChI=1S/C23H23F2N5OS/c1-2-19-26-23-30(27-19)22(31)21(32-23)20(15-7-3-4-8-16(15)24)29-13-11-28(12-14-29)18-10-6-5-9-17(18)25/h3-10,20,31H,2,11-14H2,1H3/t20-/m0/s1. The molecule has 0 aliphatic carbocycles. The monoisotopic (exact) mass is 455 g/mol. The number of hydrogen-bond donors (Lipinski definition) is 1. The molecule has 1 atom stereocenters. The van der Waals surface area contributed by atoms with Crippen molar-refractivity contribution < 1.29 is 13.9 Å². The predicted molar refractivity (Wildman–Crippen MR) is 120 cm³/mol. The highest BCUT2D eigenvalue weighted by molar-refractivity contribution is 7.17. The first-order valence-electron chi connectivity index (χ1n) is 10.6. The van der Waals surface area contributed by atoms with Crippen molar-refractivity contribution in [1.82, 2.24) is 19.5 Å². The van der Waals surface area contributed by atoms with Crippen LogP contribution in [0, 0.1) is 11.6 Å². The van der Waals surface area contributed by atoms with Crippen LogP contribution in [0.15, 0.2) is 48.5 Å². The van der Waals surface area contributed by atoms with Crippen molar-refractivity contribution in [1.29, 1.82) is 0 Å². The fraction of sp³-hybridized carbons (Fsp3) is 0.304. The molecular formula is C23H23F2N5OS. The first-order valence-corrected chi connectivity index (χ1v) is 11.4. The largest absolute Gasteiger partial charge is 0.492 e. The fourth-order valence-electron chi connectivity index (χ4n) is 4.25. The Bertz CT molecular complexity index is 1250. The molecular weight excluding hydrogens is 432 g/mol. The second-order valence-electron chi connectivity index (χ2n) is 7.76. The summed E-state index contributed by atoms with van der Waals surface area (Å²) in [7, 11) is 0. The molecule has 1 aliphatic rings. The molecule has 4 aromatic rings. The first kappa shape index (κ1) is 20.8. The zero-order chi connectivity index (χ0) is 22.2. The summed E-state index contributed by atoms with van der Waals surface area (Å²) in [6.07, 6.45) is 0.665. The molecule has 32 heavy (non-hydrogen) atoms. The zero-order valence-electron chi connectivity index (χ0n) is 17.6. The van der Waals surface area contributed by atoms with Crippen LogP contribution >= 0.6 is 11.3 Å². The number of nitrogens with zero attached hydrogens (tertiary/aromatic N) is 5. The van der Waals surface area contributed by atoms with Crippen LogP contribution in [0.3, 0.4) is 0 Å². The Morgan fingerprint density at radius 3 is 2.34 bits per heavy atom. The lowest BCUT2D eigenvalue weighted by atomic mass is 10.0. The molecule has 3 heterocycles. The van der Waals surface area contributed by atoms with Gasteiger partial charge in [0.05, 0.1) is 16.6 Å². The highest BCUT2D eigenvalue weighted by atomic mass is 32.1. The van der Waals surface area contributed by atoms with Gasteiger partial charge in [0.2, 0.25) is 10.8 Å². The minimum absolute atomic E-state index is 0.0120. The molecule has 1 aliphatic heterocycles. The lowest BCUT2D eigenvalue weighted by molar-refractivity contribution is 0.207. The maximum atomic E-state index is 14.9. The van der Waals surface area contributed by atoms with Gasteiger partial charge < -0.3 is 10.0 Å². The van der Waals surface area contributed by atoms with Crippen LogP contribution in [0.4, 0.5) is 14.5 Å². The molecule has 9 heteroatoms. The van der Waals surface area contributed by atoms with Gasteiger partial charge in [-0.15, -0.1) is 5.10 Å². The summed E-state index contributed by atoms with van der Waals surface area (Å²) in [6.45, 7) is 4.30. The van der Waals surface area contributed by atoms with E-state index in [1.807, 2.05) is 17.9 Å². The highest BCUT2D eigenvalue weighted by Gasteiger charge is 2.33. The number of benzene rings is 2. The van der Waals surface area contributed by atoms with Crippen LogP contribution in [-0.2, 0) is 6.42 Å². The van der Waals surface area contributed by atoms with Gasteiger partial charge in [0.15, 0.2) is 5.82 Å². The summed E-state index contributed by atoms with van der Waals surface area (Å²) in [6, 6.07) is 12.9. The minimum Gasteiger partial charge on any atom is -0.492 e. The zero-order valence-corrected chi connectivity index (χ0v) is 18.4. The van der Waals surface area contributed by atoms with Crippen LogP contribution in [-0.4, -0.2) is 50.8 Å². The van der Waals surface area contributed by atoms with E-state index in [-0.39, 0.29) is 17.5 Å². The van der Waals surface area contributed by atoms with Gasteiger partial charge in [0.1, 0.15) is 11.6 Å². The third-order valence-corrected chi connectivity index (χ3v) is 6.95. The Morgan fingerprint density at radius 2 is 1.69 bits per heavy atom. The van der Waals surface area contributed by atoms with E-state index in [4.69, 9.17) is 0 Å². The molecule has 1 saturated heterocycles. The number of para-hydroxylation sites is 1. The molecule has 0 spiro atoms. The Balaban J connectivity index is 1.50. The molecule has 5 rings (SSSR count). The van der Waals surface area contributed by atoms with Gasteiger partial charge >= 0.3 is 0 Å². The Morgan fingerprint density at radius 1 is 1.00 bits per heavy atom. The van der Waals surface area contributed by atoms with Crippen LogP contribution in [0.5, 0.6) is 5.88 Å². The van der Waals surface area contributed by atoms with Crippen molar-refractivity contribution >= 4 is 22.0 Å². The van der Waals surface area contributed by atoms with Crippen molar-refractivity contribution in [2.24, 2.45) is 0 Å². The third kappa shape index (κ3) is 3.61. The van der Waals surface area contributed by atoms with E-state index < -0.39 is 6.04 Å². The molecule has 0 radical (unpaired) electrons. The molecule has 2 aromatic carbocycles. The van der Waals surface area contributed by atoms with Crippen molar-refractivity contribution in [3.63, 3.8) is 0 Å². The normalized spacial score (nSPS) is 16.0. The van der Waals surface area contributed by atoms with Crippen LogP contribution < -0.4 is 4.90 Å². The van der Waals surface area contributed by atoms with Crippen LogP contribution in [0.25, 0.3) is 4.96 Å². The molecule has 6 nitrogen and oxygen atoms in total. The molecule has 0 amide bonds. The number of aromatic hydroxyl groups is 1. The van der Waals surface area contributed by atoms with Gasteiger partial charge in [0.25, 0.3) is 0 Å². The fourth-order valence-corrected chi connectivity index (χ4v) is 5.38. The van der Waals surface area contributed by atoms with E-state index in [1.54, 1.807) is 30.3 Å². The average molecular weight is 456 g/mol. The lowest BCUT2D eigenvalue weighted by Crippen LogP contribution is -2.48. The number of aromatic nitrogens is 3. The maximum absolute atomic E-state index is 14.9. The maximum Gasteiger partial charge on any atom is 0.230 e. The smallest absolute Gasteiger partial charge is 0.230 e. The molecule has 0 bridgehead atoms. The van der Waals surface area contributed by atoms with Crippen molar-refractivity contribution in [3.8, 4) is 5.88 Å². The van der Waals surface area contributed by atoms with E-state index >= 15 is 0 Å². The minimum atomic E-state index is -0.488. The molecule has 1 fully saturated rings. The summed E-state index contributed by atoms with van der Waals surface area (Å²) in [5.41, 5.74) is 1.06. The highest BCUT2D eigenvalue weighted by Crippen LogP contribution is 2.41. The van der Waals surface area contributed by atoms with E-state index in [0.29, 0.717) is 59.5 Å². The number of halogens is 2. The molecule has 0 saturated carbocycles. The molecule has 1 N–H and O–H groups in total. The number of piperazine rings is 1. The third-order valence-electron chi connectivity index (χ3n) is 5.88. The van der Waals surface area contributed by atoms with Gasteiger partial charge in [-0.1, -0.05) is 48.6 Å². The van der Waals surface area contributed by atoms with Crippen molar-refractivity contribution in [2.75, 3.05) is 31.1 Å². The molecule has 166 valence electrons. The van der Waals surface area contributed by atoms with E-state index in [2.05, 4.69) is 15.0 Å². The average Bonchev–Trinajstić information content (AvgIpc) is 3.35. The number of fused-ring (bicyclic) bond motifs is 1. The summed E-state index contributed by atoms with van der Waals surface area (Å²) in [5.74, 6) is 0.0595. The number of rotatable bonds is 5. The van der Waals surface area contributed by atoms with E-state index in [0.717, 1.165) is 0 Å². The quantitative estimate of drug-likeness (QED) is 0.488. The van der Waals surface area contributed by atoms with E-state index in [1.165, 1.54) is 28.0 Å². The van der Waals surface area contributed by atoms with Crippen LogP contribution in [0.2, 0.25) is 0 Å². The van der Waals surface area contributed by atoms with Gasteiger partial charge in [-0.05, 0) is 18.2 Å². The lowest BCUT2D eigenvalue weighted by Gasteiger charge is -2.40. The Labute approximate surface area is 188 Å². The Hall–Kier alpha value is -3.04. The summed E-state index contributed by atoms with van der Waals surface area (Å²) < 4.78 is 30.6. The predicted octanol–water partition coefficient (Wildman–Crippen LogP) is 4.25. The summed E-state index contributed by atoms with van der Waals surface area (Å²) in [4.78, 5) is 9.78. The van der Waals surface area contributed by atoms with Gasteiger partial charge in [0, 0.05) is 38.2 Å². The van der Waals surface area contributed by atoms with Gasteiger partial charge in [-0.3, -0.25) is 4.90 Å². The molecule has 0 unspecified atom stereocenters. The molecule has 2 aromatic heterocycles.